The molecule has 0 atom stereocenters. The van der Waals surface area contributed by atoms with Crippen LogP contribution in [0.2, 0.25) is 0 Å². The van der Waals surface area contributed by atoms with Gasteiger partial charge in [0.1, 0.15) is 0 Å². The number of hydrogen-bond donors (Lipinski definition) is 0. The van der Waals surface area contributed by atoms with Gasteiger partial charge < -0.3 is 9.47 Å². The van der Waals surface area contributed by atoms with Crippen LogP contribution in [0.1, 0.15) is 10.4 Å². The summed E-state index contributed by atoms with van der Waals surface area (Å²) >= 11 is 5.44. The lowest BCUT2D eigenvalue weighted by atomic mass is 10.2. The number of rotatable bonds is 5. The molecule has 0 aliphatic carbocycles. The van der Waals surface area contributed by atoms with Crippen molar-refractivity contribution in [3.63, 3.8) is 0 Å². The van der Waals surface area contributed by atoms with Crippen molar-refractivity contribution >= 4 is 17.4 Å². The van der Waals surface area contributed by atoms with Crippen molar-refractivity contribution in [3.8, 4) is 5.75 Å². The molecule has 76 valence electrons. The minimum Gasteiger partial charge on any atom is -0.465 e. The van der Waals surface area contributed by atoms with Crippen LogP contribution < -0.4 is 4.74 Å². The normalized spacial score (nSPS) is 9.86. The number of Topliss-reactive ketones (excluding diaryl/α,β-unsaturated/α-hetero) is 1. The summed E-state index contributed by atoms with van der Waals surface area (Å²) in [5.41, 5.74) is 0.423. The molecular weight excluding hydrogens is 206 g/mol. The summed E-state index contributed by atoms with van der Waals surface area (Å²) in [5, 5.41) is 0. The van der Waals surface area contributed by atoms with Crippen molar-refractivity contribution in [1.29, 1.82) is 0 Å². The van der Waals surface area contributed by atoms with Gasteiger partial charge in [0.15, 0.2) is 18.3 Å². The Morgan fingerprint density at radius 3 is 3.07 bits per heavy atom. The number of methoxy groups -OCH3 is 1. The predicted molar refractivity (Wildman–Crippen MR) is 51.8 cm³/mol. The minimum absolute atomic E-state index is 0.0760. The highest BCUT2D eigenvalue weighted by Gasteiger charge is 2.10. The summed E-state index contributed by atoms with van der Waals surface area (Å²) in [5.74, 6) is 0.119. The van der Waals surface area contributed by atoms with E-state index in [0.29, 0.717) is 11.3 Å². The highest BCUT2D eigenvalue weighted by atomic mass is 35.5. The average Bonchev–Trinajstić information content (AvgIpc) is 2.25. The molecular formula is C9H10ClNO3. The predicted octanol–water partition coefficient (Wildman–Crippen LogP) is 1.49. The Bertz CT molecular complexity index is 317. The van der Waals surface area contributed by atoms with Crippen molar-refractivity contribution in [3.05, 3.63) is 24.0 Å². The van der Waals surface area contributed by atoms with Gasteiger partial charge in [0.25, 0.3) is 0 Å². The van der Waals surface area contributed by atoms with Crippen LogP contribution in [0, 0.1) is 0 Å². The molecule has 0 fully saturated rings. The fourth-order valence-electron chi connectivity index (χ4n) is 0.920. The maximum absolute atomic E-state index is 11.3. The van der Waals surface area contributed by atoms with Crippen LogP contribution in [0.15, 0.2) is 18.5 Å². The van der Waals surface area contributed by atoms with Gasteiger partial charge >= 0.3 is 0 Å². The first kappa shape index (κ1) is 10.9. The molecule has 0 aliphatic heterocycles. The number of nitrogens with zero attached hydrogens (tertiary/aromatic N) is 1. The molecule has 0 spiro atoms. The fourth-order valence-corrected chi connectivity index (χ4v) is 1.06. The maximum Gasteiger partial charge on any atom is 0.188 e. The van der Waals surface area contributed by atoms with Gasteiger partial charge in [0.05, 0.1) is 17.6 Å². The SMILES string of the molecule is COCOc1cnccc1C(=O)CCl. The monoisotopic (exact) mass is 215 g/mol. The molecule has 0 radical (unpaired) electrons. The van der Waals surface area contributed by atoms with Gasteiger partial charge in [-0.15, -0.1) is 11.6 Å². The van der Waals surface area contributed by atoms with Gasteiger partial charge in [-0.1, -0.05) is 0 Å². The topological polar surface area (TPSA) is 48.4 Å². The van der Waals surface area contributed by atoms with Crippen molar-refractivity contribution in [2.75, 3.05) is 19.8 Å². The van der Waals surface area contributed by atoms with E-state index in [9.17, 15) is 4.79 Å². The second-order valence-electron chi connectivity index (χ2n) is 2.48. The lowest BCUT2D eigenvalue weighted by molar-refractivity contribution is 0.0500. The number of carbonyl (C=O) groups is 1. The Kier molecular flexibility index (Phi) is 4.35. The first-order valence-electron chi connectivity index (χ1n) is 3.94. The van der Waals surface area contributed by atoms with E-state index in [-0.39, 0.29) is 18.5 Å². The first-order valence-corrected chi connectivity index (χ1v) is 4.48. The van der Waals surface area contributed by atoms with Crippen molar-refractivity contribution in [2.45, 2.75) is 0 Å². The number of ether oxygens (including phenoxy) is 2. The largest absolute Gasteiger partial charge is 0.465 e. The van der Waals surface area contributed by atoms with Gasteiger partial charge in [0, 0.05) is 13.3 Å². The van der Waals surface area contributed by atoms with Crippen LogP contribution in [0.4, 0.5) is 0 Å². The standard InChI is InChI=1S/C9H10ClNO3/c1-13-6-14-9-5-11-3-2-7(9)8(12)4-10/h2-3,5H,4,6H2,1H3. The molecule has 14 heavy (non-hydrogen) atoms. The van der Waals surface area contributed by atoms with Crippen LogP contribution in [-0.2, 0) is 4.74 Å². The molecule has 0 unspecified atom stereocenters. The quantitative estimate of drug-likeness (QED) is 0.424. The number of carbonyl (C=O) groups excluding carboxylic acids is 1. The second-order valence-corrected chi connectivity index (χ2v) is 2.75. The molecule has 5 heteroatoms. The van der Waals surface area contributed by atoms with Gasteiger partial charge in [-0.3, -0.25) is 9.78 Å². The van der Waals surface area contributed by atoms with E-state index >= 15 is 0 Å². The van der Waals surface area contributed by atoms with Gasteiger partial charge in [0.2, 0.25) is 0 Å². The summed E-state index contributed by atoms with van der Waals surface area (Å²) in [6, 6.07) is 1.57. The maximum atomic E-state index is 11.3. The first-order chi connectivity index (χ1) is 6.79. The molecule has 4 nitrogen and oxygen atoms in total. The third-order valence-electron chi connectivity index (χ3n) is 1.54. The van der Waals surface area contributed by atoms with E-state index in [0.717, 1.165) is 0 Å². The Morgan fingerprint density at radius 1 is 1.64 bits per heavy atom. The van der Waals surface area contributed by atoms with E-state index in [4.69, 9.17) is 21.1 Å². The number of pyridine rings is 1. The fraction of sp³-hybridized carbons (Fsp3) is 0.333. The van der Waals surface area contributed by atoms with Crippen molar-refractivity contribution in [2.24, 2.45) is 0 Å². The zero-order valence-electron chi connectivity index (χ0n) is 7.70. The number of aromatic nitrogens is 1. The number of halogens is 1. The van der Waals surface area contributed by atoms with Crippen LogP contribution >= 0.6 is 11.6 Å². The van der Waals surface area contributed by atoms with Crippen LogP contribution in [0.25, 0.3) is 0 Å². The minimum atomic E-state index is -0.194. The van der Waals surface area contributed by atoms with Gasteiger partial charge in [-0.25, -0.2) is 0 Å². The van der Waals surface area contributed by atoms with Crippen LogP contribution in [0.5, 0.6) is 5.75 Å². The molecule has 0 amide bonds. The number of alkyl halides is 1. The van der Waals surface area contributed by atoms with E-state index in [2.05, 4.69) is 4.98 Å². The van der Waals surface area contributed by atoms with Gasteiger partial charge in [-0.2, -0.15) is 0 Å². The summed E-state index contributed by atoms with van der Waals surface area (Å²) in [6.45, 7) is 0.0776. The summed E-state index contributed by atoms with van der Waals surface area (Å²) in [6.07, 6.45) is 2.97. The molecule has 1 heterocycles. The molecule has 1 aromatic heterocycles. The highest BCUT2D eigenvalue weighted by Crippen LogP contribution is 2.17. The Labute approximate surface area is 86.8 Å². The third-order valence-corrected chi connectivity index (χ3v) is 1.78. The van der Waals surface area contributed by atoms with Crippen molar-refractivity contribution in [1.82, 2.24) is 4.98 Å². The van der Waals surface area contributed by atoms with Gasteiger partial charge in [-0.05, 0) is 6.07 Å². The zero-order valence-corrected chi connectivity index (χ0v) is 8.45. The van der Waals surface area contributed by atoms with Crippen molar-refractivity contribution < 1.29 is 14.3 Å². The molecule has 0 N–H and O–H groups in total. The molecule has 0 aliphatic rings. The summed E-state index contributed by atoms with van der Waals surface area (Å²) in [7, 11) is 1.50. The molecule has 1 aromatic rings. The lowest BCUT2D eigenvalue weighted by Crippen LogP contribution is -2.07. The summed E-state index contributed by atoms with van der Waals surface area (Å²) < 4.78 is 9.86. The van der Waals surface area contributed by atoms with E-state index < -0.39 is 0 Å². The third kappa shape index (κ3) is 2.68. The van der Waals surface area contributed by atoms with E-state index in [1.807, 2.05) is 0 Å². The zero-order chi connectivity index (χ0) is 10.4. The Hall–Kier alpha value is -1.13. The molecule has 1 rings (SSSR count). The smallest absolute Gasteiger partial charge is 0.188 e. The number of ketones is 1. The van der Waals surface area contributed by atoms with E-state index in [1.165, 1.54) is 19.5 Å². The molecule has 0 bridgehead atoms. The molecule has 0 aromatic carbocycles. The highest BCUT2D eigenvalue weighted by molar-refractivity contribution is 6.30. The molecule has 0 saturated carbocycles. The average molecular weight is 216 g/mol. The van der Waals surface area contributed by atoms with E-state index in [1.54, 1.807) is 6.07 Å². The van der Waals surface area contributed by atoms with Crippen LogP contribution in [0.3, 0.4) is 0 Å². The Morgan fingerprint density at radius 2 is 2.43 bits per heavy atom. The van der Waals surface area contributed by atoms with Crippen LogP contribution in [-0.4, -0.2) is 30.5 Å². The Balaban J connectivity index is 2.85. The lowest BCUT2D eigenvalue weighted by Gasteiger charge is -2.07. The molecule has 0 saturated heterocycles. The number of hydrogen-bond acceptors (Lipinski definition) is 4. The summed E-state index contributed by atoms with van der Waals surface area (Å²) in [4.78, 5) is 15.2. The second kappa shape index (κ2) is 5.57.